The molecule has 1 aliphatic heterocycles. The number of carbonyl (C=O) groups excluding carboxylic acids is 2. The fourth-order valence-corrected chi connectivity index (χ4v) is 3.67. The van der Waals surface area contributed by atoms with Crippen LogP contribution in [-0.4, -0.2) is 43.0 Å². The third-order valence-electron chi connectivity index (χ3n) is 5.47. The Labute approximate surface area is 182 Å². The van der Waals surface area contributed by atoms with Gasteiger partial charge in [-0.3, -0.25) is 4.79 Å². The summed E-state index contributed by atoms with van der Waals surface area (Å²) in [5.41, 5.74) is 4.27. The second-order valence-electron chi connectivity index (χ2n) is 7.59. The molecule has 1 fully saturated rings. The standard InChI is InChI=1S/C25H26N4O2/c1-19-7-5-6-10-23(19)24(30)26-21-11-13-22(14-12-21)28-15-17-29(18-16-28)25(31)27-20-8-3-2-4-9-20/h2-14H,15-18H2,1H3,(H,26,30)(H,27,31). The van der Waals surface area contributed by atoms with Gasteiger partial charge < -0.3 is 20.4 Å². The zero-order chi connectivity index (χ0) is 21.6. The monoisotopic (exact) mass is 414 g/mol. The Morgan fingerprint density at radius 2 is 1.32 bits per heavy atom. The van der Waals surface area contributed by atoms with Gasteiger partial charge in [0.25, 0.3) is 5.91 Å². The maximum Gasteiger partial charge on any atom is 0.321 e. The van der Waals surface area contributed by atoms with Crippen LogP contribution in [0.2, 0.25) is 0 Å². The van der Waals surface area contributed by atoms with E-state index in [1.807, 2.05) is 90.7 Å². The van der Waals surface area contributed by atoms with Crippen molar-refractivity contribution in [3.63, 3.8) is 0 Å². The first-order valence-electron chi connectivity index (χ1n) is 10.4. The number of urea groups is 1. The summed E-state index contributed by atoms with van der Waals surface area (Å²) in [6.45, 7) is 4.76. The van der Waals surface area contributed by atoms with E-state index in [9.17, 15) is 9.59 Å². The minimum absolute atomic E-state index is 0.0693. The van der Waals surface area contributed by atoms with Crippen LogP contribution in [0.1, 0.15) is 15.9 Å². The van der Waals surface area contributed by atoms with Crippen molar-refractivity contribution in [2.24, 2.45) is 0 Å². The summed E-state index contributed by atoms with van der Waals surface area (Å²) >= 11 is 0. The van der Waals surface area contributed by atoms with Gasteiger partial charge in [0.1, 0.15) is 0 Å². The van der Waals surface area contributed by atoms with E-state index in [4.69, 9.17) is 0 Å². The van der Waals surface area contributed by atoms with Gasteiger partial charge in [-0.15, -0.1) is 0 Å². The molecular formula is C25H26N4O2. The summed E-state index contributed by atoms with van der Waals surface area (Å²) in [5, 5.41) is 5.89. The number of para-hydroxylation sites is 1. The van der Waals surface area contributed by atoms with Gasteiger partial charge in [-0.1, -0.05) is 36.4 Å². The first-order chi connectivity index (χ1) is 15.1. The molecule has 0 spiro atoms. The van der Waals surface area contributed by atoms with Crippen LogP contribution in [0.4, 0.5) is 21.9 Å². The molecule has 0 bridgehead atoms. The van der Waals surface area contributed by atoms with Crippen LogP contribution >= 0.6 is 0 Å². The Kier molecular flexibility index (Phi) is 6.17. The largest absolute Gasteiger partial charge is 0.368 e. The van der Waals surface area contributed by atoms with Gasteiger partial charge in [-0.05, 0) is 55.0 Å². The number of hydrogen-bond acceptors (Lipinski definition) is 3. The molecule has 0 aliphatic carbocycles. The summed E-state index contributed by atoms with van der Waals surface area (Å²) in [4.78, 5) is 29.0. The van der Waals surface area contributed by atoms with Crippen LogP contribution in [0.25, 0.3) is 0 Å². The number of nitrogens with one attached hydrogen (secondary N) is 2. The molecule has 1 saturated heterocycles. The highest BCUT2D eigenvalue weighted by Gasteiger charge is 2.21. The fourth-order valence-electron chi connectivity index (χ4n) is 3.67. The Morgan fingerprint density at radius 3 is 2.00 bits per heavy atom. The normalized spacial score (nSPS) is 13.6. The second kappa shape index (κ2) is 9.34. The minimum atomic E-state index is -0.108. The molecule has 6 heteroatoms. The number of aryl methyl sites for hydroxylation is 1. The lowest BCUT2D eigenvalue weighted by Gasteiger charge is -2.36. The van der Waals surface area contributed by atoms with E-state index < -0.39 is 0 Å². The number of piperazine rings is 1. The number of benzene rings is 3. The first-order valence-corrected chi connectivity index (χ1v) is 10.4. The Hall–Kier alpha value is -3.80. The van der Waals surface area contributed by atoms with Crippen molar-refractivity contribution in [3.05, 3.63) is 90.0 Å². The van der Waals surface area contributed by atoms with Crippen molar-refractivity contribution in [1.82, 2.24) is 4.90 Å². The van der Waals surface area contributed by atoms with E-state index in [2.05, 4.69) is 15.5 Å². The van der Waals surface area contributed by atoms with Crippen molar-refractivity contribution >= 4 is 29.0 Å². The molecule has 3 amide bonds. The van der Waals surface area contributed by atoms with Crippen molar-refractivity contribution in [3.8, 4) is 0 Å². The van der Waals surface area contributed by atoms with Gasteiger partial charge in [0.2, 0.25) is 0 Å². The number of amides is 3. The molecule has 0 unspecified atom stereocenters. The van der Waals surface area contributed by atoms with Crippen molar-refractivity contribution in [1.29, 1.82) is 0 Å². The first kappa shape index (κ1) is 20.5. The van der Waals surface area contributed by atoms with E-state index in [1.165, 1.54) is 0 Å². The number of rotatable bonds is 4. The molecule has 6 nitrogen and oxygen atoms in total. The zero-order valence-corrected chi connectivity index (χ0v) is 17.5. The highest BCUT2D eigenvalue weighted by atomic mass is 16.2. The Bertz CT molecular complexity index is 1040. The molecule has 0 atom stereocenters. The van der Waals surface area contributed by atoms with Gasteiger partial charge in [0.05, 0.1) is 0 Å². The van der Waals surface area contributed by atoms with Gasteiger partial charge in [0.15, 0.2) is 0 Å². The van der Waals surface area contributed by atoms with Crippen LogP contribution in [0.3, 0.4) is 0 Å². The number of carbonyl (C=O) groups is 2. The van der Waals surface area contributed by atoms with Gasteiger partial charge >= 0.3 is 6.03 Å². The highest BCUT2D eigenvalue weighted by Crippen LogP contribution is 2.21. The maximum atomic E-state index is 12.5. The summed E-state index contributed by atoms with van der Waals surface area (Å²) in [6, 6.07) is 24.8. The molecule has 4 rings (SSSR count). The average molecular weight is 415 g/mol. The van der Waals surface area contributed by atoms with Gasteiger partial charge in [-0.25, -0.2) is 4.79 Å². The average Bonchev–Trinajstić information content (AvgIpc) is 2.80. The fraction of sp³-hybridized carbons (Fsp3) is 0.200. The lowest BCUT2D eigenvalue weighted by Crippen LogP contribution is -2.50. The van der Waals surface area contributed by atoms with E-state index >= 15 is 0 Å². The molecule has 3 aromatic rings. The van der Waals surface area contributed by atoms with Crippen molar-refractivity contribution in [2.75, 3.05) is 41.7 Å². The van der Waals surface area contributed by atoms with Gasteiger partial charge in [0, 0.05) is 48.8 Å². The molecule has 31 heavy (non-hydrogen) atoms. The van der Waals surface area contributed by atoms with Crippen LogP contribution in [0.15, 0.2) is 78.9 Å². The van der Waals surface area contributed by atoms with Crippen LogP contribution in [-0.2, 0) is 0 Å². The van der Waals surface area contributed by atoms with Crippen LogP contribution in [0.5, 0.6) is 0 Å². The number of anilines is 3. The quantitative estimate of drug-likeness (QED) is 0.656. The zero-order valence-electron chi connectivity index (χ0n) is 17.5. The Balaban J connectivity index is 1.30. The number of hydrogen-bond donors (Lipinski definition) is 2. The van der Waals surface area contributed by atoms with Crippen LogP contribution in [0, 0.1) is 6.92 Å². The van der Waals surface area contributed by atoms with E-state index in [1.54, 1.807) is 0 Å². The van der Waals surface area contributed by atoms with Crippen LogP contribution < -0.4 is 15.5 Å². The predicted molar refractivity (Wildman–Crippen MR) is 125 cm³/mol. The van der Waals surface area contributed by atoms with E-state index in [0.717, 1.165) is 35.7 Å². The molecule has 0 radical (unpaired) electrons. The SMILES string of the molecule is Cc1ccccc1C(=O)Nc1ccc(N2CCN(C(=O)Nc3ccccc3)CC2)cc1. The molecule has 3 aromatic carbocycles. The summed E-state index contributed by atoms with van der Waals surface area (Å²) in [5.74, 6) is -0.108. The predicted octanol–water partition coefficient (Wildman–Crippen LogP) is 4.60. The molecular weight excluding hydrogens is 388 g/mol. The topological polar surface area (TPSA) is 64.7 Å². The molecule has 0 saturated carbocycles. The molecule has 0 aromatic heterocycles. The number of nitrogens with zero attached hydrogens (tertiary/aromatic N) is 2. The summed E-state index contributed by atoms with van der Waals surface area (Å²) < 4.78 is 0. The van der Waals surface area contributed by atoms with Gasteiger partial charge in [-0.2, -0.15) is 0 Å². The molecule has 158 valence electrons. The summed E-state index contributed by atoms with van der Waals surface area (Å²) in [7, 11) is 0. The van der Waals surface area contributed by atoms with Crippen molar-refractivity contribution in [2.45, 2.75) is 6.92 Å². The van der Waals surface area contributed by atoms with E-state index in [-0.39, 0.29) is 11.9 Å². The maximum absolute atomic E-state index is 12.5. The molecule has 1 aliphatic rings. The molecule has 2 N–H and O–H groups in total. The molecule has 1 heterocycles. The third-order valence-corrected chi connectivity index (χ3v) is 5.47. The van der Waals surface area contributed by atoms with E-state index in [0.29, 0.717) is 18.7 Å². The minimum Gasteiger partial charge on any atom is -0.368 e. The second-order valence-corrected chi connectivity index (χ2v) is 7.59. The van der Waals surface area contributed by atoms with Crippen molar-refractivity contribution < 1.29 is 9.59 Å². The third kappa shape index (κ3) is 5.04. The lowest BCUT2D eigenvalue weighted by atomic mass is 10.1. The summed E-state index contributed by atoms with van der Waals surface area (Å²) in [6.07, 6.45) is 0. The lowest BCUT2D eigenvalue weighted by molar-refractivity contribution is 0.102. The smallest absolute Gasteiger partial charge is 0.321 e. The Morgan fingerprint density at radius 1 is 0.710 bits per heavy atom. The highest BCUT2D eigenvalue weighted by molar-refractivity contribution is 6.05.